The number of nitrogens with zero attached hydrogens (tertiary/aromatic N) is 2. The third-order valence-electron chi connectivity index (χ3n) is 3.08. The van der Waals surface area contributed by atoms with Crippen molar-refractivity contribution in [3.63, 3.8) is 0 Å². The van der Waals surface area contributed by atoms with Gasteiger partial charge in [-0.1, -0.05) is 59.4 Å². The number of hydrogen-bond donors (Lipinski definition) is 3. The molecule has 0 saturated carbocycles. The van der Waals surface area contributed by atoms with Crippen molar-refractivity contribution in [2.75, 3.05) is 11.5 Å². The van der Waals surface area contributed by atoms with Crippen LogP contribution in [-0.4, -0.2) is 32.5 Å². The number of hydrogen-bond acceptors (Lipinski definition) is 7. The molecule has 160 valence electrons. The molecule has 7 N–H and O–H groups in total. The maximum atomic E-state index is 10.5. The summed E-state index contributed by atoms with van der Waals surface area (Å²) >= 11 is 0. The molecule has 0 saturated heterocycles. The van der Waals surface area contributed by atoms with Crippen LogP contribution in [0.3, 0.4) is 0 Å². The van der Waals surface area contributed by atoms with Crippen molar-refractivity contribution in [1.82, 2.24) is 9.97 Å². The molecule has 2 heterocycles. The van der Waals surface area contributed by atoms with Gasteiger partial charge in [-0.05, 0) is 5.69 Å². The van der Waals surface area contributed by atoms with Gasteiger partial charge in [0.15, 0.2) is 0 Å². The number of aryl methyl sites for hydroxylation is 1. The number of aromatic carboxylic acids is 2. The predicted octanol–water partition coefficient (Wildman–Crippen LogP) is 0.808. The molecule has 9 nitrogen and oxygen atoms in total. The SMILES string of the molecule is C.C.Cc1[c-]nc(C(=O)O)c(C)c1N.Cc1c(N)c[c-]nc1C(=O)[O-].O.[CH3-].[Y].[Y]. The second-order valence-electron chi connectivity index (χ2n) is 4.64. The van der Waals surface area contributed by atoms with Crippen molar-refractivity contribution in [1.29, 1.82) is 0 Å². The van der Waals surface area contributed by atoms with Crippen molar-refractivity contribution in [3.8, 4) is 0 Å². The number of pyridine rings is 2. The van der Waals surface area contributed by atoms with Crippen molar-refractivity contribution >= 4 is 23.3 Å². The van der Waals surface area contributed by atoms with Gasteiger partial charge in [-0.25, -0.2) is 0 Å². The Morgan fingerprint density at radius 1 is 1.03 bits per heavy atom. The molecule has 0 spiro atoms. The number of carboxylic acids is 2. The number of rotatable bonds is 2. The molecule has 2 radical (unpaired) electrons. The zero-order valence-corrected chi connectivity index (χ0v) is 21.1. The molecule has 0 atom stereocenters. The molecule has 2 rings (SSSR count). The standard InChI is InChI=1S/C8H9N2O2.C7H7N2O2.2CH4.CH3.H2O.2Y/c1-4-3-10-7(8(11)12)5(2)6(4)9;1-4-5(8)2-3-9-6(4)7(10)11;;;;;;/h1-2H3,(H2,9,10)(H,11,12);2H,1H3,(H2,8,9)(H,10,11);2*1H4;1H3;1H2;;/q2*-1;;;-1;;;/p-1. The molecule has 0 aliphatic rings. The van der Waals surface area contributed by atoms with Crippen LogP contribution in [0.25, 0.3) is 0 Å². The summed E-state index contributed by atoms with van der Waals surface area (Å²) < 4.78 is 0. The summed E-state index contributed by atoms with van der Waals surface area (Å²) in [5, 5.41) is 19.0. The first-order chi connectivity index (χ1) is 10.7. The molecule has 0 aromatic carbocycles. The summed E-state index contributed by atoms with van der Waals surface area (Å²) in [5.74, 6) is -2.40. The Balaban J connectivity index is -0.0000000757. The van der Waals surface area contributed by atoms with Crippen molar-refractivity contribution < 1.29 is 90.7 Å². The Kier molecular flexibility index (Phi) is 27.6. The van der Waals surface area contributed by atoms with Crippen LogP contribution in [0.4, 0.5) is 11.4 Å². The van der Waals surface area contributed by atoms with E-state index >= 15 is 0 Å². The maximum Gasteiger partial charge on any atom is 0.296 e. The largest absolute Gasteiger partial charge is 0.557 e. The summed E-state index contributed by atoms with van der Waals surface area (Å²) in [6.45, 7) is 4.94. The van der Waals surface area contributed by atoms with Crippen LogP contribution in [-0.2, 0) is 65.4 Å². The van der Waals surface area contributed by atoms with E-state index in [9.17, 15) is 14.7 Å². The fraction of sp³-hybridized carbons (Fsp3) is 0.278. The fourth-order valence-corrected chi connectivity index (χ4v) is 1.59. The summed E-state index contributed by atoms with van der Waals surface area (Å²) in [6, 6.07) is 1.42. The Bertz CT molecular complexity index is 774. The number of nitrogen functional groups attached to an aromatic ring is 2. The van der Waals surface area contributed by atoms with Crippen LogP contribution >= 0.6 is 0 Å². The average molecular weight is 558 g/mol. The molecule has 0 unspecified atom stereocenters. The quantitative estimate of drug-likeness (QED) is 0.452. The smallest absolute Gasteiger partial charge is 0.296 e. The van der Waals surface area contributed by atoms with Crippen molar-refractivity contribution in [2.45, 2.75) is 35.6 Å². The molecule has 11 heteroatoms. The van der Waals surface area contributed by atoms with Crippen LogP contribution in [0.5, 0.6) is 0 Å². The zero-order valence-electron chi connectivity index (χ0n) is 15.5. The van der Waals surface area contributed by atoms with Crippen LogP contribution in [0.1, 0.15) is 52.5 Å². The van der Waals surface area contributed by atoms with E-state index in [1.54, 1.807) is 20.8 Å². The van der Waals surface area contributed by atoms with Gasteiger partial charge in [0.05, 0.1) is 0 Å². The van der Waals surface area contributed by atoms with E-state index in [-0.39, 0.29) is 105 Å². The van der Waals surface area contributed by atoms with E-state index in [0.29, 0.717) is 28.1 Å². The van der Waals surface area contributed by atoms with Crippen molar-refractivity contribution in [3.05, 3.63) is 54.0 Å². The van der Waals surface area contributed by atoms with Gasteiger partial charge in [0, 0.05) is 77.1 Å². The van der Waals surface area contributed by atoms with E-state index in [0.717, 1.165) is 0 Å². The van der Waals surface area contributed by atoms with Crippen molar-refractivity contribution in [2.24, 2.45) is 0 Å². The molecular formula is C18H28N4O5Y2-4. The van der Waals surface area contributed by atoms with E-state index < -0.39 is 11.9 Å². The number of aromatic nitrogens is 2. The van der Waals surface area contributed by atoms with Gasteiger partial charge in [-0.2, -0.15) is 0 Å². The van der Waals surface area contributed by atoms with Gasteiger partial charge in [-0.15, -0.1) is 22.8 Å². The molecule has 0 aliphatic carbocycles. The van der Waals surface area contributed by atoms with E-state index in [4.69, 9.17) is 16.6 Å². The Morgan fingerprint density at radius 3 is 1.90 bits per heavy atom. The predicted molar refractivity (Wildman–Crippen MR) is 104 cm³/mol. The Morgan fingerprint density at radius 2 is 1.52 bits per heavy atom. The molecule has 2 aromatic heterocycles. The molecule has 0 bridgehead atoms. The maximum absolute atomic E-state index is 10.5. The minimum atomic E-state index is -1.33. The number of carboxylic acid groups (broad SMARTS) is 2. The van der Waals surface area contributed by atoms with E-state index in [1.807, 2.05) is 0 Å². The van der Waals surface area contributed by atoms with Crippen LogP contribution < -0.4 is 16.6 Å². The first-order valence-electron chi connectivity index (χ1n) is 6.39. The first-order valence-corrected chi connectivity index (χ1v) is 6.39. The Hall–Kier alpha value is -0.992. The second-order valence-corrected chi connectivity index (χ2v) is 4.64. The minimum absolute atomic E-state index is 0. The van der Waals surface area contributed by atoms with Gasteiger partial charge < -0.3 is 49.3 Å². The fourth-order valence-electron chi connectivity index (χ4n) is 1.59. The molecule has 2 aromatic rings. The van der Waals surface area contributed by atoms with Gasteiger partial charge >= 0.3 is 0 Å². The number of anilines is 2. The van der Waals surface area contributed by atoms with E-state index in [1.165, 1.54) is 6.07 Å². The zero-order chi connectivity index (χ0) is 17.7. The third-order valence-corrected chi connectivity index (χ3v) is 3.08. The third kappa shape index (κ3) is 11.7. The van der Waals surface area contributed by atoms with Gasteiger partial charge in [-0.3, -0.25) is 4.79 Å². The van der Waals surface area contributed by atoms with Gasteiger partial charge in [0.1, 0.15) is 0 Å². The normalized spacial score (nSPS) is 7.69. The first kappa shape index (κ1) is 42.2. The van der Waals surface area contributed by atoms with Crippen LogP contribution in [0.2, 0.25) is 0 Å². The monoisotopic (exact) mass is 558 g/mol. The summed E-state index contributed by atoms with van der Waals surface area (Å²) in [7, 11) is 0. The van der Waals surface area contributed by atoms with Gasteiger partial charge in [0.2, 0.25) is 0 Å². The Labute approximate surface area is 223 Å². The number of carbonyl (C=O) groups is 2. The van der Waals surface area contributed by atoms with E-state index in [2.05, 4.69) is 22.4 Å². The molecule has 0 fully saturated rings. The second kappa shape index (κ2) is 19.0. The minimum Gasteiger partial charge on any atom is -0.557 e. The van der Waals surface area contributed by atoms with Gasteiger partial charge in [0.25, 0.3) is 5.97 Å². The summed E-state index contributed by atoms with van der Waals surface area (Å²) in [6.07, 6.45) is 4.89. The average Bonchev–Trinajstić information content (AvgIpc) is 2.47. The number of nitrogens with two attached hydrogens (primary N) is 2. The topological polar surface area (TPSA) is 187 Å². The molecule has 29 heavy (non-hydrogen) atoms. The molecular weight excluding hydrogens is 530 g/mol. The van der Waals surface area contributed by atoms with Crippen LogP contribution in [0.15, 0.2) is 6.07 Å². The van der Waals surface area contributed by atoms with Crippen LogP contribution in [0, 0.1) is 40.6 Å². The summed E-state index contributed by atoms with van der Waals surface area (Å²) in [5.41, 5.74) is 13.2. The number of carbonyl (C=O) groups excluding carboxylic acids is 1. The molecule has 0 amide bonds. The molecule has 0 aliphatic heterocycles. The summed E-state index contributed by atoms with van der Waals surface area (Å²) in [4.78, 5) is 28.0.